The Morgan fingerprint density at radius 2 is 1.15 bits per heavy atom. The Bertz CT molecular complexity index is 2730. The maximum absolute atomic E-state index is 5.47. The lowest BCUT2D eigenvalue weighted by molar-refractivity contribution is 0.661. The van der Waals surface area contributed by atoms with Crippen LogP contribution >= 0.6 is 0 Å². The van der Waals surface area contributed by atoms with Gasteiger partial charge in [-0.1, -0.05) is 117 Å². The second kappa shape index (κ2) is 9.12. The van der Waals surface area contributed by atoms with Crippen LogP contribution in [0.1, 0.15) is 25.0 Å². The molecule has 10 rings (SSSR count). The molecule has 1 aliphatic carbocycles. The van der Waals surface area contributed by atoms with Crippen molar-refractivity contribution in [2.24, 2.45) is 0 Å². The molecule has 46 heavy (non-hydrogen) atoms. The number of fused-ring (bicyclic) bond motifs is 9. The third-order valence-electron chi connectivity index (χ3n) is 10.2. The average Bonchev–Trinajstić information content (AvgIpc) is 3.53. The predicted molar refractivity (Wildman–Crippen MR) is 192 cm³/mol. The van der Waals surface area contributed by atoms with Crippen molar-refractivity contribution in [3.8, 4) is 28.3 Å². The Morgan fingerprint density at radius 1 is 0.457 bits per heavy atom. The predicted octanol–water partition coefficient (Wildman–Crippen LogP) is 11.0. The van der Waals surface area contributed by atoms with Gasteiger partial charge in [-0.2, -0.15) is 0 Å². The summed E-state index contributed by atoms with van der Waals surface area (Å²) < 4.78 is 2.25. The van der Waals surface area contributed by atoms with Gasteiger partial charge >= 0.3 is 0 Å². The third-order valence-corrected chi connectivity index (χ3v) is 10.2. The molecule has 2 aromatic heterocycles. The minimum Gasteiger partial charge on any atom is -0.278 e. The van der Waals surface area contributed by atoms with Crippen LogP contribution in [0.5, 0.6) is 0 Å². The lowest BCUT2D eigenvalue weighted by Gasteiger charge is -2.22. The third kappa shape index (κ3) is 3.43. The number of benzene rings is 7. The van der Waals surface area contributed by atoms with E-state index in [0.717, 1.165) is 33.2 Å². The highest BCUT2D eigenvalue weighted by Gasteiger charge is 2.35. The fourth-order valence-corrected chi connectivity index (χ4v) is 7.92. The minimum absolute atomic E-state index is 0.0854. The molecule has 0 saturated heterocycles. The molecule has 7 aromatic carbocycles. The Hall–Kier alpha value is -5.80. The summed E-state index contributed by atoms with van der Waals surface area (Å²) in [5.74, 6) is 0.682. The van der Waals surface area contributed by atoms with Crippen LogP contribution in [0.3, 0.4) is 0 Å². The molecule has 0 bridgehead atoms. The second-order valence-corrected chi connectivity index (χ2v) is 13.1. The first kappa shape index (κ1) is 25.5. The van der Waals surface area contributed by atoms with Gasteiger partial charge in [0.2, 0.25) is 5.95 Å². The maximum Gasteiger partial charge on any atom is 0.235 e. The van der Waals surface area contributed by atoms with Crippen LogP contribution < -0.4 is 0 Å². The average molecular weight is 588 g/mol. The van der Waals surface area contributed by atoms with Gasteiger partial charge in [0.15, 0.2) is 0 Å². The molecule has 0 aliphatic heterocycles. The standard InChI is InChI=1S/C43H29N3/c1-43(2)36-19-8-5-15-29(36)34-23-28-14-11-18-31(33(28)25-37(34)43)41-32-17-6-9-20-38(32)44-42(45-41)46-39-21-10-7-16-30(39)35-22-26-12-3-4-13-27(26)24-40(35)46/h3-25H,1-2H3. The summed E-state index contributed by atoms with van der Waals surface area (Å²) in [4.78, 5) is 10.7. The van der Waals surface area contributed by atoms with Crippen molar-refractivity contribution in [3.63, 3.8) is 0 Å². The second-order valence-electron chi connectivity index (χ2n) is 13.1. The van der Waals surface area contributed by atoms with E-state index in [-0.39, 0.29) is 5.41 Å². The first-order chi connectivity index (χ1) is 22.6. The van der Waals surface area contributed by atoms with Crippen LogP contribution in [0.15, 0.2) is 140 Å². The molecular formula is C43H29N3. The summed E-state index contributed by atoms with van der Waals surface area (Å²) in [7, 11) is 0. The van der Waals surface area contributed by atoms with E-state index in [1.165, 1.54) is 54.6 Å². The summed E-state index contributed by atoms with van der Waals surface area (Å²) in [6.07, 6.45) is 0. The molecule has 0 amide bonds. The van der Waals surface area contributed by atoms with E-state index in [4.69, 9.17) is 9.97 Å². The van der Waals surface area contributed by atoms with E-state index in [0.29, 0.717) is 5.95 Å². The van der Waals surface area contributed by atoms with Crippen LogP contribution in [0.2, 0.25) is 0 Å². The Labute approximate surface area is 266 Å². The number of nitrogens with zero attached hydrogens (tertiary/aromatic N) is 3. The topological polar surface area (TPSA) is 30.7 Å². The van der Waals surface area contributed by atoms with E-state index in [9.17, 15) is 0 Å². The molecule has 0 N–H and O–H groups in total. The molecule has 9 aromatic rings. The van der Waals surface area contributed by atoms with E-state index in [1.54, 1.807) is 0 Å². The molecule has 3 heteroatoms. The first-order valence-corrected chi connectivity index (χ1v) is 15.9. The first-order valence-electron chi connectivity index (χ1n) is 15.9. The minimum atomic E-state index is -0.0854. The van der Waals surface area contributed by atoms with Crippen molar-refractivity contribution in [3.05, 3.63) is 151 Å². The largest absolute Gasteiger partial charge is 0.278 e. The van der Waals surface area contributed by atoms with Gasteiger partial charge in [0.25, 0.3) is 0 Å². The van der Waals surface area contributed by atoms with E-state index < -0.39 is 0 Å². The van der Waals surface area contributed by atoms with Crippen molar-refractivity contribution in [1.29, 1.82) is 0 Å². The van der Waals surface area contributed by atoms with Crippen molar-refractivity contribution >= 4 is 54.3 Å². The summed E-state index contributed by atoms with van der Waals surface area (Å²) in [5.41, 5.74) is 10.5. The zero-order valence-electron chi connectivity index (χ0n) is 25.6. The molecule has 0 radical (unpaired) electrons. The van der Waals surface area contributed by atoms with E-state index in [2.05, 4.69) is 158 Å². The Kier molecular flexibility index (Phi) is 5.06. The fourth-order valence-electron chi connectivity index (χ4n) is 7.92. The molecule has 3 nitrogen and oxygen atoms in total. The van der Waals surface area contributed by atoms with Gasteiger partial charge in [-0.25, -0.2) is 9.97 Å². The zero-order valence-corrected chi connectivity index (χ0v) is 25.6. The van der Waals surface area contributed by atoms with Gasteiger partial charge < -0.3 is 0 Å². The monoisotopic (exact) mass is 587 g/mol. The highest BCUT2D eigenvalue weighted by molar-refractivity contribution is 6.14. The normalized spacial score (nSPS) is 13.6. The molecule has 2 heterocycles. The van der Waals surface area contributed by atoms with E-state index >= 15 is 0 Å². The quantitative estimate of drug-likeness (QED) is 0.201. The Morgan fingerprint density at radius 3 is 2.04 bits per heavy atom. The summed E-state index contributed by atoms with van der Waals surface area (Å²) in [6.45, 7) is 4.69. The molecule has 1 aliphatic rings. The van der Waals surface area contributed by atoms with Crippen molar-refractivity contribution in [2.75, 3.05) is 0 Å². The van der Waals surface area contributed by atoms with Crippen LogP contribution in [0.25, 0.3) is 82.6 Å². The molecule has 216 valence electrons. The SMILES string of the molecule is CC1(C)c2ccccc2-c2cc3cccc(-c4nc(-n5c6ccccc6c6cc7ccccc7cc65)nc5ccccc45)c3cc21. The maximum atomic E-state index is 5.47. The van der Waals surface area contributed by atoms with E-state index in [1.807, 2.05) is 0 Å². The fraction of sp³-hybridized carbons (Fsp3) is 0.0698. The number of para-hydroxylation sites is 2. The number of hydrogen-bond donors (Lipinski definition) is 0. The lowest BCUT2D eigenvalue weighted by atomic mass is 9.81. The van der Waals surface area contributed by atoms with Crippen molar-refractivity contribution in [2.45, 2.75) is 19.3 Å². The number of aromatic nitrogens is 3. The van der Waals surface area contributed by atoms with Gasteiger partial charge in [0.05, 0.1) is 22.2 Å². The van der Waals surface area contributed by atoms with Crippen LogP contribution in [0, 0.1) is 0 Å². The smallest absolute Gasteiger partial charge is 0.235 e. The molecule has 0 fully saturated rings. The molecule has 0 atom stereocenters. The lowest BCUT2D eigenvalue weighted by Crippen LogP contribution is -2.14. The van der Waals surface area contributed by atoms with Gasteiger partial charge in [-0.15, -0.1) is 0 Å². The summed E-state index contributed by atoms with van der Waals surface area (Å²) in [5, 5.41) is 8.31. The van der Waals surface area contributed by atoms with Crippen LogP contribution in [-0.4, -0.2) is 14.5 Å². The van der Waals surface area contributed by atoms with Gasteiger partial charge in [-0.3, -0.25) is 4.57 Å². The number of rotatable bonds is 2. The highest BCUT2D eigenvalue weighted by atomic mass is 15.2. The van der Waals surface area contributed by atoms with Crippen molar-refractivity contribution in [1.82, 2.24) is 14.5 Å². The Balaban J connectivity index is 1.28. The molecule has 0 spiro atoms. The van der Waals surface area contributed by atoms with Gasteiger partial charge in [-0.05, 0) is 80.2 Å². The number of hydrogen-bond acceptors (Lipinski definition) is 2. The molecular weight excluding hydrogens is 558 g/mol. The zero-order chi connectivity index (χ0) is 30.6. The van der Waals surface area contributed by atoms with Crippen LogP contribution in [-0.2, 0) is 5.41 Å². The summed E-state index contributed by atoms with van der Waals surface area (Å²) in [6, 6.07) is 50.4. The molecule has 0 saturated carbocycles. The molecule has 0 unspecified atom stereocenters. The highest BCUT2D eigenvalue weighted by Crippen LogP contribution is 2.50. The van der Waals surface area contributed by atoms with Gasteiger partial charge in [0.1, 0.15) is 0 Å². The van der Waals surface area contributed by atoms with Gasteiger partial charge in [0, 0.05) is 27.1 Å². The van der Waals surface area contributed by atoms with Crippen LogP contribution in [0.4, 0.5) is 0 Å². The summed E-state index contributed by atoms with van der Waals surface area (Å²) >= 11 is 0. The van der Waals surface area contributed by atoms with Crippen molar-refractivity contribution < 1.29 is 0 Å².